The minimum absolute atomic E-state index is 0.0428. The van der Waals surface area contributed by atoms with Gasteiger partial charge in [-0.2, -0.15) is 4.31 Å². The number of amides is 2. The van der Waals surface area contributed by atoms with Gasteiger partial charge in [-0.15, -0.1) is 0 Å². The first-order valence-corrected chi connectivity index (χ1v) is 13.8. The Kier molecular flexibility index (Phi) is 6.46. The van der Waals surface area contributed by atoms with Crippen LogP contribution < -0.4 is 10.2 Å². The Bertz CT molecular complexity index is 1010. The molecule has 0 atom stereocenters. The quantitative estimate of drug-likeness (QED) is 0.678. The molecule has 3 aliphatic heterocycles. The van der Waals surface area contributed by atoms with Gasteiger partial charge >= 0.3 is 0 Å². The van der Waals surface area contributed by atoms with Crippen LogP contribution in [0.5, 0.6) is 0 Å². The van der Waals surface area contributed by atoms with Crippen LogP contribution >= 0.6 is 0 Å². The molecular formula is C24H34N4O4S. The van der Waals surface area contributed by atoms with E-state index in [9.17, 15) is 18.0 Å². The molecule has 33 heavy (non-hydrogen) atoms. The average Bonchev–Trinajstić information content (AvgIpc) is 3.54. The highest BCUT2D eigenvalue weighted by Crippen LogP contribution is 2.32. The van der Waals surface area contributed by atoms with Crippen LogP contribution in [-0.4, -0.2) is 74.7 Å². The summed E-state index contributed by atoms with van der Waals surface area (Å²) in [5.41, 5.74) is 1.76. The normalized spacial score (nSPS) is 22.8. The van der Waals surface area contributed by atoms with Crippen molar-refractivity contribution in [2.75, 3.05) is 44.2 Å². The SMILES string of the molecule is O=C(NC1CC1)C1CCN(CC(=O)N2CCc3cc(S(=O)(=O)N4CCCCC4)ccc32)CC1. The summed E-state index contributed by atoms with van der Waals surface area (Å²) < 4.78 is 27.6. The summed E-state index contributed by atoms with van der Waals surface area (Å²) in [6, 6.07) is 5.60. The highest BCUT2D eigenvalue weighted by Gasteiger charge is 2.33. The summed E-state index contributed by atoms with van der Waals surface area (Å²) in [6.45, 7) is 3.60. The molecule has 0 aromatic heterocycles. The van der Waals surface area contributed by atoms with Gasteiger partial charge in [0, 0.05) is 37.3 Å². The number of hydrogen-bond acceptors (Lipinski definition) is 5. The third-order valence-corrected chi connectivity index (χ3v) is 9.34. The van der Waals surface area contributed by atoms with E-state index in [1.807, 2.05) is 0 Å². The van der Waals surface area contributed by atoms with Gasteiger partial charge in [-0.1, -0.05) is 6.42 Å². The number of carbonyl (C=O) groups excluding carboxylic acids is 2. The molecule has 5 rings (SSSR count). The van der Waals surface area contributed by atoms with Gasteiger partial charge in [0.15, 0.2) is 0 Å². The number of likely N-dealkylation sites (tertiary alicyclic amines) is 1. The summed E-state index contributed by atoms with van der Waals surface area (Å²) in [7, 11) is -3.47. The fourth-order valence-corrected chi connectivity index (χ4v) is 6.80. The number of hydrogen-bond donors (Lipinski definition) is 1. The summed E-state index contributed by atoms with van der Waals surface area (Å²) in [4.78, 5) is 29.6. The number of carbonyl (C=O) groups is 2. The molecule has 1 N–H and O–H groups in total. The number of piperidine rings is 2. The monoisotopic (exact) mass is 474 g/mol. The van der Waals surface area contributed by atoms with E-state index >= 15 is 0 Å². The zero-order chi connectivity index (χ0) is 23.0. The molecule has 9 heteroatoms. The molecule has 4 aliphatic rings. The second kappa shape index (κ2) is 9.35. The second-order valence-corrected chi connectivity index (χ2v) is 11.8. The summed E-state index contributed by atoms with van der Waals surface area (Å²) in [5, 5.41) is 3.09. The number of fused-ring (bicyclic) bond motifs is 1. The van der Waals surface area contributed by atoms with Crippen LogP contribution in [0.3, 0.4) is 0 Å². The van der Waals surface area contributed by atoms with Crippen molar-refractivity contribution in [3.05, 3.63) is 23.8 Å². The van der Waals surface area contributed by atoms with Crippen LogP contribution in [0.1, 0.15) is 50.5 Å². The molecule has 3 fully saturated rings. The van der Waals surface area contributed by atoms with Crippen molar-refractivity contribution >= 4 is 27.5 Å². The zero-order valence-corrected chi connectivity index (χ0v) is 20.0. The molecule has 1 aromatic rings. The van der Waals surface area contributed by atoms with Crippen LogP contribution in [0, 0.1) is 5.92 Å². The van der Waals surface area contributed by atoms with Crippen molar-refractivity contribution in [2.24, 2.45) is 5.92 Å². The van der Waals surface area contributed by atoms with Crippen LogP contribution in [0.4, 0.5) is 5.69 Å². The lowest BCUT2D eigenvalue weighted by atomic mass is 9.96. The lowest BCUT2D eigenvalue weighted by Crippen LogP contribution is -2.45. The van der Waals surface area contributed by atoms with Crippen LogP contribution in [0.25, 0.3) is 0 Å². The summed E-state index contributed by atoms with van der Waals surface area (Å²) in [5.74, 6) is 0.276. The molecule has 1 aromatic carbocycles. The highest BCUT2D eigenvalue weighted by atomic mass is 32.2. The Morgan fingerprint density at radius 2 is 1.67 bits per heavy atom. The number of rotatable bonds is 6. The van der Waals surface area contributed by atoms with E-state index in [0.29, 0.717) is 43.5 Å². The molecule has 0 radical (unpaired) electrons. The van der Waals surface area contributed by atoms with Crippen LogP contribution in [-0.2, 0) is 26.0 Å². The molecular weight excluding hydrogens is 440 g/mol. The Labute approximate surface area is 196 Å². The molecule has 1 aliphatic carbocycles. The van der Waals surface area contributed by atoms with Crippen LogP contribution in [0.2, 0.25) is 0 Å². The summed E-state index contributed by atoms with van der Waals surface area (Å²) in [6.07, 6.45) is 7.36. The maximum Gasteiger partial charge on any atom is 0.243 e. The number of nitrogens with one attached hydrogen (secondary N) is 1. The number of sulfonamides is 1. The third-order valence-electron chi connectivity index (χ3n) is 7.44. The first-order valence-electron chi connectivity index (χ1n) is 12.4. The fraction of sp³-hybridized carbons (Fsp3) is 0.667. The van der Waals surface area contributed by atoms with Gasteiger partial charge in [-0.05, 0) is 81.8 Å². The molecule has 1 saturated carbocycles. The molecule has 0 bridgehead atoms. The smallest absolute Gasteiger partial charge is 0.243 e. The number of nitrogens with zero attached hydrogens (tertiary/aromatic N) is 3. The highest BCUT2D eigenvalue weighted by molar-refractivity contribution is 7.89. The Balaban J connectivity index is 1.18. The van der Waals surface area contributed by atoms with Crippen molar-refractivity contribution in [1.29, 1.82) is 0 Å². The Morgan fingerprint density at radius 1 is 0.939 bits per heavy atom. The predicted molar refractivity (Wildman–Crippen MR) is 125 cm³/mol. The van der Waals surface area contributed by atoms with E-state index in [0.717, 1.165) is 69.3 Å². The standard InChI is InChI=1S/C24H34N4O4S/c29-23(17-26-13-8-18(9-14-26)24(30)25-20-4-5-20)28-15-10-19-16-21(6-7-22(19)28)33(31,32)27-11-2-1-3-12-27/h6-7,16,18,20H,1-5,8-15,17H2,(H,25,30). The molecule has 8 nitrogen and oxygen atoms in total. The van der Waals surface area contributed by atoms with E-state index in [2.05, 4.69) is 10.2 Å². The van der Waals surface area contributed by atoms with E-state index in [1.165, 1.54) is 0 Å². The van der Waals surface area contributed by atoms with Crippen molar-refractivity contribution in [3.63, 3.8) is 0 Å². The molecule has 180 valence electrons. The third kappa shape index (κ3) is 4.95. The number of anilines is 1. The maximum atomic E-state index is 13.1. The topological polar surface area (TPSA) is 90.0 Å². The van der Waals surface area contributed by atoms with Gasteiger partial charge in [0.1, 0.15) is 0 Å². The predicted octanol–water partition coefficient (Wildman–Crippen LogP) is 1.74. The fourth-order valence-electron chi connectivity index (χ4n) is 5.23. The first kappa shape index (κ1) is 22.8. The van der Waals surface area contributed by atoms with Gasteiger partial charge in [0.05, 0.1) is 11.4 Å². The Hall–Kier alpha value is -1.97. The van der Waals surface area contributed by atoms with Crippen LogP contribution in [0.15, 0.2) is 23.1 Å². The molecule has 2 saturated heterocycles. The van der Waals surface area contributed by atoms with Crippen molar-refractivity contribution in [1.82, 2.24) is 14.5 Å². The first-order chi connectivity index (χ1) is 15.9. The van der Waals surface area contributed by atoms with Gasteiger partial charge in [0.2, 0.25) is 21.8 Å². The lowest BCUT2D eigenvalue weighted by molar-refractivity contribution is -0.126. The average molecular weight is 475 g/mol. The molecule has 0 spiro atoms. The van der Waals surface area contributed by atoms with E-state index in [-0.39, 0.29) is 17.7 Å². The molecule has 0 unspecified atom stereocenters. The van der Waals surface area contributed by atoms with Crippen molar-refractivity contribution in [3.8, 4) is 0 Å². The maximum absolute atomic E-state index is 13.1. The van der Waals surface area contributed by atoms with Gasteiger partial charge in [-0.25, -0.2) is 8.42 Å². The molecule has 3 heterocycles. The largest absolute Gasteiger partial charge is 0.353 e. The zero-order valence-electron chi connectivity index (χ0n) is 19.2. The van der Waals surface area contributed by atoms with E-state index < -0.39 is 10.0 Å². The molecule has 2 amide bonds. The van der Waals surface area contributed by atoms with Gasteiger partial charge in [0.25, 0.3) is 0 Å². The lowest BCUT2D eigenvalue weighted by Gasteiger charge is -2.32. The Morgan fingerprint density at radius 3 is 2.36 bits per heavy atom. The van der Waals surface area contributed by atoms with E-state index in [1.54, 1.807) is 27.4 Å². The van der Waals surface area contributed by atoms with Crippen molar-refractivity contribution < 1.29 is 18.0 Å². The van der Waals surface area contributed by atoms with Gasteiger partial charge < -0.3 is 10.2 Å². The second-order valence-electron chi connectivity index (χ2n) is 9.88. The van der Waals surface area contributed by atoms with E-state index in [4.69, 9.17) is 0 Å². The minimum Gasteiger partial charge on any atom is -0.353 e. The van der Waals surface area contributed by atoms with Gasteiger partial charge in [-0.3, -0.25) is 14.5 Å². The summed E-state index contributed by atoms with van der Waals surface area (Å²) >= 11 is 0. The van der Waals surface area contributed by atoms with Crippen molar-refractivity contribution in [2.45, 2.75) is 62.3 Å². The number of benzene rings is 1. The minimum atomic E-state index is -3.47.